The van der Waals surface area contributed by atoms with Crippen LogP contribution in [0.2, 0.25) is 0 Å². The Morgan fingerprint density at radius 3 is 2.69 bits per heavy atom. The molecule has 0 aliphatic carbocycles. The van der Waals surface area contributed by atoms with Crippen molar-refractivity contribution in [2.75, 3.05) is 0 Å². The Balaban J connectivity index is 1.74. The summed E-state index contributed by atoms with van der Waals surface area (Å²) in [4.78, 5) is 1.38. The first-order chi connectivity index (χ1) is 7.63. The number of alkyl halides is 1. The minimum absolute atomic E-state index is 0.301. The summed E-state index contributed by atoms with van der Waals surface area (Å²) in [6.45, 7) is 0. The first-order valence-electron chi connectivity index (χ1n) is 5.81. The van der Waals surface area contributed by atoms with Crippen LogP contribution in [-0.2, 0) is 13.5 Å². The number of hydrogen-bond donors (Lipinski definition) is 1. The van der Waals surface area contributed by atoms with Crippen molar-refractivity contribution < 1.29 is 4.39 Å². The molecule has 2 aliphatic heterocycles. The van der Waals surface area contributed by atoms with Crippen molar-refractivity contribution >= 4 is 0 Å². The van der Waals surface area contributed by atoms with Gasteiger partial charge in [0, 0.05) is 18.5 Å². The van der Waals surface area contributed by atoms with Gasteiger partial charge < -0.3 is 5.32 Å². The largest absolute Gasteiger partial charge is 0.311 e. The minimum atomic E-state index is -1.14. The minimum Gasteiger partial charge on any atom is -0.311 e. The molecule has 0 amide bonds. The Morgan fingerprint density at radius 2 is 2.12 bits per heavy atom. The Hall–Kier alpha value is -1.04. The smallest absolute Gasteiger partial charge is 0.177 e. The molecule has 2 bridgehead atoms. The third-order valence-corrected chi connectivity index (χ3v) is 3.58. The van der Waals surface area contributed by atoms with Crippen LogP contribution in [0.4, 0.5) is 4.39 Å². The van der Waals surface area contributed by atoms with E-state index in [1.165, 1.54) is 4.80 Å². The van der Waals surface area contributed by atoms with Gasteiger partial charge >= 0.3 is 0 Å². The Labute approximate surface area is 93.4 Å². The van der Waals surface area contributed by atoms with Crippen molar-refractivity contribution in [3.8, 4) is 0 Å². The Morgan fingerprint density at radius 1 is 1.44 bits per heavy atom. The van der Waals surface area contributed by atoms with Crippen LogP contribution in [0, 0.1) is 0 Å². The number of halogens is 1. The van der Waals surface area contributed by atoms with Gasteiger partial charge in [0.15, 0.2) is 5.82 Å². The molecular weight excluding hydrogens is 209 g/mol. The lowest BCUT2D eigenvalue weighted by atomic mass is 9.86. The van der Waals surface area contributed by atoms with E-state index in [0.717, 1.165) is 12.8 Å². The fourth-order valence-electron chi connectivity index (χ4n) is 3.01. The second-order valence-electron chi connectivity index (χ2n) is 5.07. The van der Waals surface area contributed by atoms with Crippen LogP contribution in [0.3, 0.4) is 0 Å². The molecule has 16 heavy (non-hydrogen) atoms. The molecule has 2 atom stereocenters. The van der Waals surface area contributed by atoms with Crippen molar-refractivity contribution in [1.82, 2.24) is 25.5 Å². The second kappa shape index (κ2) is 3.48. The zero-order valence-corrected chi connectivity index (χ0v) is 9.36. The third-order valence-electron chi connectivity index (χ3n) is 3.58. The van der Waals surface area contributed by atoms with Gasteiger partial charge in [0.2, 0.25) is 0 Å². The molecule has 2 fully saturated rings. The number of tetrazole rings is 1. The summed E-state index contributed by atoms with van der Waals surface area (Å²) in [7, 11) is 1.70. The highest BCUT2D eigenvalue weighted by molar-refractivity contribution is 5.03. The Bertz CT molecular complexity index is 378. The van der Waals surface area contributed by atoms with E-state index in [1.807, 2.05) is 0 Å². The lowest BCUT2D eigenvalue weighted by Gasteiger charge is -2.34. The van der Waals surface area contributed by atoms with Crippen molar-refractivity contribution in [2.24, 2.45) is 7.05 Å². The Kier molecular flexibility index (Phi) is 2.20. The predicted molar refractivity (Wildman–Crippen MR) is 55.5 cm³/mol. The highest BCUT2D eigenvalue weighted by Gasteiger charge is 2.44. The first kappa shape index (κ1) is 10.1. The molecule has 88 valence electrons. The molecule has 2 aliphatic rings. The first-order valence-corrected chi connectivity index (χ1v) is 5.81. The summed E-state index contributed by atoms with van der Waals surface area (Å²) >= 11 is 0. The van der Waals surface area contributed by atoms with E-state index in [0.29, 0.717) is 37.2 Å². The molecule has 0 spiro atoms. The van der Waals surface area contributed by atoms with Crippen LogP contribution in [0.15, 0.2) is 0 Å². The van der Waals surface area contributed by atoms with E-state index in [2.05, 4.69) is 20.7 Å². The molecule has 0 radical (unpaired) electrons. The summed E-state index contributed by atoms with van der Waals surface area (Å²) in [6, 6.07) is 0.695. The molecular formula is C10H16FN5. The van der Waals surface area contributed by atoms with Crippen LogP contribution in [0.25, 0.3) is 0 Å². The number of rotatable bonds is 2. The molecule has 2 saturated heterocycles. The molecule has 1 N–H and O–H groups in total. The number of piperidine rings is 1. The second-order valence-corrected chi connectivity index (χ2v) is 5.07. The summed E-state index contributed by atoms with van der Waals surface area (Å²) in [5, 5.41) is 15.1. The molecule has 2 unspecified atom stereocenters. The quantitative estimate of drug-likeness (QED) is 0.790. The van der Waals surface area contributed by atoms with Gasteiger partial charge in [-0.25, -0.2) is 4.39 Å². The van der Waals surface area contributed by atoms with Gasteiger partial charge in [-0.3, -0.25) is 0 Å². The van der Waals surface area contributed by atoms with E-state index in [-0.39, 0.29) is 0 Å². The van der Waals surface area contributed by atoms with E-state index in [1.54, 1.807) is 7.05 Å². The van der Waals surface area contributed by atoms with E-state index < -0.39 is 5.67 Å². The molecule has 0 saturated carbocycles. The highest BCUT2D eigenvalue weighted by Crippen LogP contribution is 2.38. The number of aryl methyl sites for hydroxylation is 1. The van der Waals surface area contributed by atoms with Crippen molar-refractivity contribution in [1.29, 1.82) is 0 Å². The number of fused-ring (bicyclic) bond motifs is 2. The monoisotopic (exact) mass is 225 g/mol. The number of hydrogen-bond acceptors (Lipinski definition) is 4. The van der Waals surface area contributed by atoms with Gasteiger partial charge in [-0.15, -0.1) is 10.2 Å². The van der Waals surface area contributed by atoms with Crippen molar-refractivity contribution in [3.63, 3.8) is 0 Å². The average molecular weight is 225 g/mol. The zero-order valence-electron chi connectivity index (χ0n) is 9.36. The predicted octanol–water partition coefficient (Wildman–Crippen LogP) is 0.375. The van der Waals surface area contributed by atoms with Crippen LogP contribution >= 0.6 is 0 Å². The lowest BCUT2D eigenvalue weighted by molar-refractivity contribution is 0.0871. The third kappa shape index (κ3) is 1.81. The lowest BCUT2D eigenvalue weighted by Crippen LogP contribution is -2.47. The molecule has 1 aromatic rings. The number of aromatic nitrogens is 4. The molecule has 5 nitrogen and oxygen atoms in total. The van der Waals surface area contributed by atoms with Crippen molar-refractivity contribution in [2.45, 2.75) is 49.9 Å². The van der Waals surface area contributed by atoms with Gasteiger partial charge in [0.05, 0.1) is 7.05 Å². The number of nitrogens with zero attached hydrogens (tertiary/aromatic N) is 4. The van der Waals surface area contributed by atoms with E-state index in [9.17, 15) is 4.39 Å². The molecule has 3 rings (SSSR count). The maximum Gasteiger partial charge on any atom is 0.177 e. The van der Waals surface area contributed by atoms with Gasteiger partial charge in [0.25, 0.3) is 0 Å². The fraction of sp³-hybridized carbons (Fsp3) is 0.900. The SMILES string of the molecule is Cn1nnc(CC2(F)CC3CCC(C2)N3)n1. The fourth-order valence-corrected chi connectivity index (χ4v) is 3.01. The van der Waals surface area contributed by atoms with E-state index in [4.69, 9.17) is 0 Å². The highest BCUT2D eigenvalue weighted by atomic mass is 19.1. The zero-order chi connectivity index (χ0) is 11.2. The maximum atomic E-state index is 14.7. The maximum absolute atomic E-state index is 14.7. The van der Waals surface area contributed by atoms with Crippen LogP contribution in [-0.4, -0.2) is 38.0 Å². The van der Waals surface area contributed by atoms with E-state index >= 15 is 0 Å². The van der Waals surface area contributed by atoms with Crippen LogP contribution in [0.5, 0.6) is 0 Å². The van der Waals surface area contributed by atoms with Crippen molar-refractivity contribution in [3.05, 3.63) is 5.82 Å². The van der Waals surface area contributed by atoms with Gasteiger partial charge in [-0.2, -0.15) is 4.80 Å². The molecule has 3 heterocycles. The molecule has 0 aromatic carbocycles. The van der Waals surface area contributed by atoms with Gasteiger partial charge in [0.1, 0.15) is 5.67 Å². The summed E-state index contributed by atoms with van der Waals surface area (Å²) in [5.41, 5.74) is -1.14. The molecule has 1 aromatic heterocycles. The van der Waals surface area contributed by atoms with Crippen LogP contribution < -0.4 is 5.32 Å². The summed E-state index contributed by atoms with van der Waals surface area (Å²) < 4.78 is 14.7. The number of nitrogens with one attached hydrogen (secondary N) is 1. The summed E-state index contributed by atoms with van der Waals surface area (Å²) in [5.74, 6) is 0.520. The topological polar surface area (TPSA) is 55.6 Å². The average Bonchev–Trinajstić information content (AvgIpc) is 2.73. The van der Waals surface area contributed by atoms with Gasteiger partial charge in [-0.1, -0.05) is 0 Å². The molecule has 6 heteroatoms. The summed E-state index contributed by atoms with van der Waals surface area (Å²) in [6.07, 6.45) is 3.67. The standard InChI is InChI=1S/C10H16FN5/c1-16-14-9(13-15-16)6-10(11)4-7-2-3-8(5-10)12-7/h7-8,12H,2-6H2,1H3. The van der Waals surface area contributed by atoms with Gasteiger partial charge in [-0.05, 0) is 30.9 Å². The van der Waals surface area contributed by atoms with Crippen LogP contribution in [0.1, 0.15) is 31.5 Å². The normalized spacial score (nSPS) is 37.9.